The molecule has 0 amide bonds. The van der Waals surface area contributed by atoms with Crippen molar-refractivity contribution in [1.29, 1.82) is 0 Å². The van der Waals surface area contributed by atoms with Crippen LogP contribution >= 0.6 is 0 Å². The molecule has 4 fully saturated rings. The predicted molar refractivity (Wildman–Crippen MR) is 127 cm³/mol. The van der Waals surface area contributed by atoms with E-state index in [0.717, 1.165) is 76.9 Å². The van der Waals surface area contributed by atoms with Crippen LogP contribution in [-0.2, 0) is 0 Å². The molecule has 0 nitrogen and oxygen atoms in total. The van der Waals surface area contributed by atoms with Crippen LogP contribution < -0.4 is 0 Å². The van der Waals surface area contributed by atoms with E-state index < -0.39 is 0 Å². The molecule has 4 rings (SSSR count). The van der Waals surface area contributed by atoms with Crippen molar-refractivity contribution in [2.45, 2.75) is 106 Å². The molecule has 0 aliphatic heterocycles. The summed E-state index contributed by atoms with van der Waals surface area (Å²) in [5.41, 5.74) is 0. The Bertz CT molecular complexity index is 532. The molecule has 0 aromatic heterocycles. The van der Waals surface area contributed by atoms with Gasteiger partial charge < -0.3 is 0 Å². The Kier molecular flexibility index (Phi) is 6.78. The minimum absolute atomic E-state index is 0.871. The summed E-state index contributed by atoms with van der Waals surface area (Å²) >= 11 is 0. The topological polar surface area (TPSA) is 0 Å². The lowest BCUT2D eigenvalue weighted by atomic mass is 9.45. The van der Waals surface area contributed by atoms with Gasteiger partial charge in [0.2, 0.25) is 0 Å². The highest BCUT2D eigenvalue weighted by atomic mass is 14.6. The Morgan fingerprint density at radius 2 is 1.21 bits per heavy atom. The van der Waals surface area contributed by atoms with Gasteiger partial charge in [0.05, 0.1) is 0 Å². The van der Waals surface area contributed by atoms with E-state index in [1.165, 1.54) is 25.7 Å². The van der Waals surface area contributed by atoms with Crippen LogP contribution in [0, 0.1) is 76.9 Å². The van der Waals surface area contributed by atoms with Crippen molar-refractivity contribution >= 4 is 0 Å². The van der Waals surface area contributed by atoms with Crippen LogP contribution in [0.15, 0.2) is 0 Å². The maximum absolute atomic E-state index is 2.69. The van der Waals surface area contributed by atoms with Gasteiger partial charge in [-0.25, -0.2) is 0 Å². The average molecular weight is 401 g/mol. The Labute approximate surface area is 183 Å². The summed E-state index contributed by atoms with van der Waals surface area (Å²) in [5, 5.41) is 0. The van der Waals surface area contributed by atoms with E-state index in [0.29, 0.717) is 0 Å². The first-order valence-electron chi connectivity index (χ1n) is 13.8. The van der Waals surface area contributed by atoms with Gasteiger partial charge in [-0.2, -0.15) is 0 Å². The summed E-state index contributed by atoms with van der Waals surface area (Å²) in [7, 11) is 0. The molecule has 4 aliphatic rings. The van der Waals surface area contributed by atoms with Crippen molar-refractivity contribution < 1.29 is 0 Å². The molecule has 0 spiro atoms. The first-order valence-corrected chi connectivity index (χ1v) is 13.8. The molecular weight excluding hydrogens is 348 g/mol. The molecule has 0 bridgehead atoms. The average Bonchev–Trinajstić information content (AvgIpc) is 2.68. The van der Waals surface area contributed by atoms with E-state index in [1.54, 1.807) is 32.1 Å². The van der Waals surface area contributed by atoms with Crippen LogP contribution in [0.5, 0.6) is 0 Å². The van der Waals surface area contributed by atoms with Crippen LogP contribution in [0.3, 0.4) is 0 Å². The molecule has 0 saturated heterocycles. The van der Waals surface area contributed by atoms with Crippen molar-refractivity contribution in [1.82, 2.24) is 0 Å². The van der Waals surface area contributed by atoms with Crippen molar-refractivity contribution in [3.63, 3.8) is 0 Å². The second kappa shape index (κ2) is 8.86. The van der Waals surface area contributed by atoms with Crippen LogP contribution in [0.25, 0.3) is 0 Å². The smallest absolute Gasteiger partial charge is 0.0321 e. The van der Waals surface area contributed by atoms with E-state index in [9.17, 15) is 0 Å². The molecule has 11 unspecified atom stereocenters. The second-order valence-electron chi connectivity index (χ2n) is 13.2. The predicted octanol–water partition coefficient (Wildman–Crippen LogP) is 8.70. The van der Waals surface area contributed by atoms with E-state index >= 15 is 0 Å². The van der Waals surface area contributed by atoms with Crippen molar-refractivity contribution in [2.24, 2.45) is 76.9 Å². The van der Waals surface area contributed by atoms with Crippen molar-refractivity contribution in [3.8, 4) is 0 Å². The standard InChI is InChI=1S/C29H52/c1-17(2)22-12-13-24-21(7)23-10-8-9-11-25(23)29(28(24)15-22)27-16-26(18(3)4)19(5)14-20(27)6/h17-29H,8-16H2,1-7H3. The van der Waals surface area contributed by atoms with Crippen LogP contribution in [-0.4, -0.2) is 0 Å². The van der Waals surface area contributed by atoms with Crippen LogP contribution in [0.4, 0.5) is 0 Å². The molecule has 4 aliphatic carbocycles. The lowest BCUT2D eigenvalue weighted by Gasteiger charge is -2.60. The van der Waals surface area contributed by atoms with Gasteiger partial charge in [0.1, 0.15) is 0 Å². The van der Waals surface area contributed by atoms with Gasteiger partial charge in [0.25, 0.3) is 0 Å². The minimum Gasteiger partial charge on any atom is -0.0625 e. The third kappa shape index (κ3) is 4.09. The van der Waals surface area contributed by atoms with Crippen molar-refractivity contribution in [3.05, 3.63) is 0 Å². The summed E-state index contributed by atoms with van der Waals surface area (Å²) in [6.45, 7) is 18.0. The maximum atomic E-state index is 2.69. The highest BCUT2D eigenvalue weighted by molar-refractivity contribution is 5.03. The Morgan fingerprint density at radius 3 is 1.86 bits per heavy atom. The van der Waals surface area contributed by atoms with E-state index in [4.69, 9.17) is 0 Å². The fraction of sp³-hybridized carbons (Fsp3) is 1.00. The zero-order chi connectivity index (χ0) is 20.9. The largest absolute Gasteiger partial charge is 0.0625 e. The Balaban J connectivity index is 1.66. The SMILES string of the molecule is CC(C)C1CCC2C(C)C3CCCCC3C(C3CC(C(C)C)C(C)CC3C)C2C1. The van der Waals surface area contributed by atoms with E-state index in [2.05, 4.69) is 48.5 Å². The lowest BCUT2D eigenvalue weighted by molar-refractivity contribution is -0.114. The molecule has 168 valence electrons. The molecule has 0 heteroatoms. The van der Waals surface area contributed by atoms with Gasteiger partial charge in [-0.15, -0.1) is 0 Å². The summed E-state index contributed by atoms with van der Waals surface area (Å²) in [6.07, 6.45) is 13.9. The van der Waals surface area contributed by atoms with Gasteiger partial charge in [-0.05, 0) is 122 Å². The molecular formula is C29H52. The third-order valence-corrected chi connectivity index (χ3v) is 11.3. The van der Waals surface area contributed by atoms with E-state index in [1.807, 2.05) is 0 Å². The van der Waals surface area contributed by atoms with Gasteiger partial charge in [-0.3, -0.25) is 0 Å². The molecule has 0 aromatic rings. The summed E-state index contributed by atoms with van der Waals surface area (Å²) in [5.74, 6) is 13.0. The highest BCUT2D eigenvalue weighted by Crippen LogP contribution is 2.61. The molecule has 11 atom stereocenters. The number of rotatable bonds is 3. The first-order chi connectivity index (χ1) is 13.8. The van der Waals surface area contributed by atoms with Gasteiger partial charge in [0, 0.05) is 0 Å². The quantitative estimate of drug-likeness (QED) is 0.444. The van der Waals surface area contributed by atoms with Crippen LogP contribution in [0.1, 0.15) is 106 Å². The fourth-order valence-corrected chi connectivity index (χ4v) is 9.73. The molecule has 0 radical (unpaired) electrons. The lowest BCUT2D eigenvalue weighted by Crippen LogP contribution is -2.53. The summed E-state index contributed by atoms with van der Waals surface area (Å²) < 4.78 is 0. The summed E-state index contributed by atoms with van der Waals surface area (Å²) in [4.78, 5) is 0. The minimum atomic E-state index is 0.871. The second-order valence-corrected chi connectivity index (χ2v) is 13.2. The Morgan fingerprint density at radius 1 is 0.552 bits per heavy atom. The number of hydrogen-bond acceptors (Lipinski definition) is 0. The first kappa shape index (κ1) is 22.2. The molecule has 0 N–H and O–H groups in total. The fourth-order valence-electron chi connectivity index (χ4n) is 9.73. The highest BCUT2D eigenvalue weighted by Gasteiger charge is 2.54. The molecule has 4 saturated carbocycles. The third-order valence-electron chi connectivity index (χ3n) is 11.3. The normalized spacial score (nSPS) is 51.0. The number of hydrogen-bond donors (Lipinski definition) is 0. The molecule has 0 heterocycles. The summed E-state index contributed by atoms with van der Waals surface area (Å²) in [6, 6.07) is 0. The monoisotopic (exact) mass is 400 g/mol. The Hall–Kier alpha value is 0. The van der Waals surface area contributed by atoms with Gasteiger partial charge in [0.15, 0.2) is 0 Å². The molecule has 0 aromatic carbocycles. The maximum Gasteiger partial charge on any atom is -0.0321 e. The van der Waals surface area contributed by atoms with Crippen molar-refractivity contribution in [2.75, 3.05) is 0 Å². The van der Waals surface area contributed by atoms with Gasteiger partial charge in [-0.1, -0.05) is 61.3 Å². The van der Waals surface area contributed by atoms with Gasteiger partial charge >= 0.3 is 0 Å². The number of fused-ring (bicyclic) bond motifs is 2. The zero-order valence-electron chi connectivity index (χ0n) is 20.9. The zero-order valence-corrected chi connectivity index (χ0v) is 20.9. The van der Waals surface area contributed by atoms with Crippen LogP contribution in [0.2, 0.25) is 0 Å². The molecule has 29 heavy (non-hydrogen) atoms. The van der Waals surface area contributed by atoms with E-state index in [-0.39, 0.29) is 0 Å².